The molecule has 0 radical (unpaired) electrons. The van der Waals surface area contributed by atoms with E-state index in [9.17, 15) is 18.0 Å². The molecule has 0 bridgehead atoms. The lowest BCUT2D eigenvalue weighted by Gasteiger charge is -2.11. The average molecular weight is 470 g/mol. The Kier molecular flexibility index (Phi) is 7.04. The van der Waals surface area contributed by atoms with Gasteiger partial charge >= 0.3 is 5.97 Å². The molecular formula is C24H27N3O5S. The number of sulfonamides is 1. The summed E-state index contributed by atoms with van der Waals surface area (Å²) in [5.74, 6) is -1.00. The van der Waals surface area contributed by atoms with Crippen molar-refractivity contribution < 1.29 is 22.7 Å². The Morgan fingerprint density at radius 3 is 2.33 bits per heavy atom. The second kappa shape index (κ2) is 9.60. The number of amides is 1. The molecule has 0 aliphatic rings. The highest BCUT2D eigenvalue weighted by atomic mass is 32.2. The number of benzene rings is 2. The molecule has 3 rings (SSSR count). The van der Waals surface area contributed by atoms with Crippen LogP contribution in [0.3, 0.4) is 0 Å². The molecule has 3 N–H and O–H groups in total. The van der Waals surface area contributed by atoms with Gasteiger partial charge in [-0.3, -0.25) is 4.79 Å². The number of carbonyl (C=O) groups excluding carboxylic acids is 2. The summed E-state index contributed by atoms with van der Waals surface area (Å²) >= 11 is 0. The number of rotatable bonds is 7. The smallest absolute Gasteiger partial charge is 0.340 e. The van der Waals surface area contributed by atoms with Crippen molar-refractivity contribution in [2.75, 3.05) is 11.9 Å². The molecule has 9 heteroatoms. The number of hydrogen-bond donors (Lipinski definition) is 2. The molecule has 1 aromatic heterocycles. The van der Waals surface area contributed by atoms with Gasteiger partial charge < -0.3 is 14.6 Å². The van der Waals surface area contributed by atoms with E-state index in [0.29, 0.717) is 23.5 Å². The van der Waals surface area contributed by atoms with Gasteiger partial charge in [0.2, 0.25) is 10.0 Å². The van der Waals surface area contributed by atoms with Gasteiger partial charge in [-0.25, -0.2) is 18.4 Å². The first kappa shape index (κ1) is 24.2. The Morgan fingerprint density at radius 2 is 1.70 bits per heavy atom. The van der Waals surface area contributed by atoms with Crippen LogP contribution in [0.25, 0.3) is 0 Å². The van der Waals surface area contributed by atoms with E-state index in [4.69, 9.17) is 9.88 Å². The lowest BCUT2D eigenvalue weighted by molar-refractivity contribution is -0.119. The maximum atomic E-state index is 12.6. The van der Waals surface area contributed by atoms with E-state index in [-0.39, 0.29) is 4.90 Å². The molecule has 0 unspecified atom stereocenters. The third-order valence-corrected chi connectivity index (χ3v) is 6.53. The molecule has 33 heavy (non-hydrogen) atoms. The largest absolute Gasteiger partial charge is 0.452 e. The quantitative estimate of drug-likeness (QED) is 0.515. The molecule has 0 spiro atoms. The first-order valence-corrected chi connectivity index (χ1v) is 11.8. The Labute approximate surface area is 193 Å². The van der Waals surface area contributed by atoms with E-state index < -0.39 is 28.5 Å². The minimum atomic E-state index is -3.75. The minimum absolute atomic E-state index is 0.0376. The summed E-state index contributed by atoms with van der Waals surface area (Å²) in [4.78, 5) is 24.9. The number of esters is 1. The molecule has 0 fully saturated rings. The van der Waals surface area contributed by atoms with Crippen molar-refractivity contribution in [2.24, 2.45) is 5.14 Å². The van der Waals surface area contributed by atoms with Crippen LogP contribution >= 0.6 is 0 Å². The molecule has 0 saturated carbocycles. The molecule has 0 aliphatic heterocycles. The van der Waals surface area contributed by atoms with Crippen LogP contribution in [0, 0.1) is 27.7 Å². The van der Waals surface area contributed by atoms with Crippen LogP contribution in [0.4, 0.5) is 5.69 Å². The van der Waals surface area contributed by atoms with Gasteiger partial charge in [-0.15, -0.1) is 0 Å². The van der Waals surface area contributed by atoms with Crippen molar-refractivity contribution in [3.63, 3.8) is 0 Å². The van der Waals surface area contributed by atoms with Crippen molar-refractivity contribution >= 4 is 27.6 Å². The van der Waals surface area contributed by atoms with E-state index in [2.05, 4.69) is 5.32 Å². The third kappa shape index (κ3) is 5.68. The van der Waals surface area contributed by atoms with Gasteiger partial charge in [0.1, 0.15) is 0 Å². The monoisotopic (exact) mass is 469 g/mol. The maximum Gasteiger partial charge on any atom is 0.340 e. The lowest BCUT2D eigenvalue weighted by Crippen LogP contribution is -2.21. The number of hydrogen-bond acceptors (Lipinski definition) is 5. The van der Waals surface area contributed by atoms with E-state index in [1.165, 1.54) is 12.1 Å². The lowest BCUT2D eigenvalue weighted by atomic mass is 10.1. The van der Waals surface area contributed by atoms with Crippen LogP contribution in [0.2, 0.25) is 0 Å². The molecule has 174 valence electrons. The number of nitrogens with two attached hydrogens (primary N) is 1. The van der Waals surface area contributed by atoms with Gasteiger partial charge in [0.05, 0.1) is 10.5 Å². The zero-order valence-electron chi connectivity index (χ0n) is 19.0. The number of aryl methyl sites for hydroxylation is 2. The van der Waals surface area contributed by atoms with Gasteiger partial charge in [-0.2, -0.15) is 0 Å². The zero-order chi connectivity index (χ0) is 24.3. The summed E-state index contributed by atoms with van der Waals surface area (Å²) in [5, 5.41) is 7.90. The number of aromatic nitrogens is 1. The Morgan fingerprint density at radius 1 is 1.03 bits per heavy atom. The minimum Gasteiger partial charge on any atom is -0.452 e. The van der Waals surface area contributed by atoms with Crippen molar-refractivity contribution in [1.82, 2.24) is 4.57 Å². The molecule has 0 atom stereocenters. The SMILES string of the molecule is Cc1cccc(NC(=O)COC(=O)c2cc(C)n(Cc3ccc(S(N)(=O)=O)cc3)c2C)c1C. The predicted octanol–water partition coefficient (Wildman–Crippen LogP) is 3.21. The van der Waals surface area contributed by atoms with E-state index in [1.54, 1.807) is 31.2 Å². The number of nitrogens with zero attached hydrogens (tertiary/aromatic N) is 1. The predicted molar refractivity (Wildman–Crippen MR) is 126 cm³/mol. The molecule has 0 saturated heterocycles. The topological polar surface area (TPSA) is 120 Å². The van der Waals surface area contributed by atoms with Crippen LogP contribution < -0.4 is 10.5 Å². The summed E-state index contributed by atoms with van der Waals surface area (Å²) in [6.45, 7) is 7.55. The number of anilines is 1. The average Bonchev–Trinajstić information content (AvgIpc) is 3.03. The number of nitrogens with one attached hydrogen (secondary N) is 1. The van der Waals surface area contributed by atoms with Crippen molar-refractivity contribution in [3.8, 4) is 0 Å². The van der Waals surface area contributed by atoms with Crippen LogP contribution in [0.5, 0.6) is 0 Å². The van der Waals surface area contributed by atoms with E-state index in [0.717, 1.165) is 22.4 Å². The zero-order valence-corrected chi connectivity index (χ0v) is 19.8. The molecule has 0 aliphatic carbocycles. The Bertz CT molecular complexity index is 1310. The van der Waals surface area contributed by atoms with Crippen molar-refractivity contribution in [2.45, 2.75) is 39.1 Å². The van der Waals surface area contributed by atoms with Gasteiger partial charge in [-0.05, 0) is 68.7 Å². The summed E-state index contributed by atoms with van der Waals surface area (Å²) in [5.41, 5.74) is 5.42. The fraction of sp³-hybridized carbons (Fsp3) is 0.250. The van der Waals surface area contributed by atoms with Gasteiger partial charge in [-0.1, -0.05) is 24.3 Å². The normalized spacial score (nSPS) is 11.3. The number of ether oxygens (including phenoxy) is 1. The number of carbonyl (C=O) groups is 2. The second-order valence-electron chi connectivity index (χ2n) is 7.93. The van der Waals surface area contributed by atoms with E-state index in [1.807, 2.05) is 37.5 Å². The van der Waals surface area contributed by atoms with Crippen molar-refractivity contribution in [3.05, 3.63) is 82.2 Å². The fourth-order valence-corrected chi connectivity index (χ4v) is 4.02. The van der Waals surface area contributed by atoms with E-state index >= 15 is 0 Å². The molecule has 2 aromatic carbocycles. The summed E-state index contributed by atoms with van der Waals surface area (Å²) in [7, 11) is -3.75. The standard InChI is InChI=1S/C24H27N3O5S/c1-15-6-5-7-22(17(15)3)26-23(28)14-32-24(29)21-12-16(2)27(18(21)4)13-19-8-10-20(11-9-19)33(25,30)31/h5-12H,13-14H2,1-4H3,(H,26,28)(H2,25,30,31). The highest BCUT2D eigenvalue weighted by Gasteiger charge is 2.19. The summed E-state index contributed by atoms with van der Waals surface area (Å²) in [6.07, 6.45) is 0. The van der Waals surface area contributed by atoms with Crippen molar-refractivity contribution in [1.29, 1.82) is 0 Å². The molecule has 3 aromatic rings. The Balaban J connectivity index is 1.66. The highest BCUT2D eigenvalue weighted by Crippen LogP contribution is 2.20. The third-order valence-electron chi connectivity index (χ3n) is 5.60. The molecule has 8 nitrogen and oxygen atoms in total. The molecular weight excluding hydrogens is 442 g/mol. The highest BCUT2D eigenvalue weighted by molar-refractivity contribution is 7.89. The first-order chi connectivity index (χ1) is 15.5. The number of primary sulfonamides is 1. The molecule has 1 heterocycles. The second-order valence-corrected chi connectivity index (χ2v) is 9.49. The summed E-state index contributed by atoms with van der Waals surface area (Å²) in [6, 6.07) is 13.5. The van der Waals surface area contributed by atoms with Crippen LogP contribution in [0.15, 0.2) is 53.4 Å². The maximum absolute atomic E-state index is 12.6. The first-order valence-electron chi connectivity index (χ1n) is 10.3. The van der Waals surface area contributed by atoms with Crippen LogP contribution in [0.1, 0.15) is 38.4 Å². The Hall–Kier alpha value is -3.43. The summed E-state index contributed by atoms with van der Waals surface area (Å²) < 4.78 is 30.0. The van der Waals surface area contributed by atoms with Gasteiger partial charge in [0.15, 0.2) is 6.61 Å². The van der Waals surface area contributed by atoms with Crippen LogP contribution in [-0.4, -0.2) is 31.5 Å². The fourth-order valence-electron chi connectivity index (χ4n) is 3.50. The molecule has 1 amide bonds. The van der Waals surface area contributed by atoms with Crippen LogP contribution in [-0.2, 0) is 26.1 Å². The van der Waals surface area contributed by atoms with Gasteiger partial charge in [0, 0.05) is 23.6 Å². The van der Waals surface area contributed by atoms with Gasteiger partial charge in [0.25, 0.3) is 5.91 Å².